The van der Waals surface area contributed by atoms with Crippen LogP contribution in [0.5, 0.6) is 0 Å². The molecular formula is C12H13FN2O3. The van der Waals surface area contributed by atoms with Crippen molar-refractivity contribution in [3.05, 3.63) is 35.1 Å². The Kier molecular flexibility index (Phi) is 3.76. The predicted octanol–water partition coefficient (Wildman–Crippen LogP) is 1.84. The normalized spacial score (nSPS) is 15.5. The summed E-state index contributed by atoms with van der Waals surface area (Å²) in [5.41, 5.74) is 1.19. The van der Waals surface area contributed by atoms with Crippen LogP contribution in [0.25, 0.3) is 0 Å². The first-order valence-corrected chi connectivity index (χ1v) is 5.44. The molecule has 1 aliphatic rings. The number of rotatable bonds is 3. The Morgan fingerprint density at radius 2 is 2.28 bits per heavy atom. The molecule has 1 aromatic carbocycles. The summed E-state index contributed by atoms with van der Waals surface area (Å²) in [6.45, 7) is 2.48. The van der Waals surface area contributed by atoms with E-state index in [9.17, 15) is 4.39 Å². The zero-order chi connectivity index (χ0) is 13.0. The lowest BCUT2D eigenvalue weighted by molar-refractivity contribution is 0.0672. The highest BCUT2D eigenvalue weighted by atomic mass is 19.1. The minimum Gasteiger partial charge on any atom is -0.470 e. The van der Waals surface area contributed by atoms with Crippen molar-refractivity contribution in [3.8, 4) is 0 Å². The highest BCUT2D eigenvalue weighted by molar-refractivity contribution is 6.45. The van der Waals surface area contributed by atoms with Crippen LogP contribution in [-0.2, 0) is 14.4 Å². The lowest BCUT2D eigenvalue weighted by Crippen LogP contribution is -2.26. The molecule has 0 N–H and O–H groups in total. The van der Waals surface area contributed by atoms with E-state index in [0.29, 0.717) is 24.3 Å². The number of aryl methyl sites for hydroxylation is 1. The molecule has 0 radical (unpaired) electrons. The maximum absolute atomic E-state index is 13.9. The molecule has 96 valence electrons. The largest absolute Gasteiger partial charge is 0.470 e. The van der Waals surface area contributed by atoms with E-state index in [-0.39, 0.29) is 11.6 Å². The van der Waals surface area contributed by atoms with Crippen molar-refractivity contribution in [3.63, 3.8) is 0 Å². The lowest BCUT2D eigenvalue weighted by Gasteiger charge is -2.16. The van der Waals surface area contributed by atoms with Crippen LogP contribution in [0, 0.1) is 12.7 Å². The van der Waals surface area contributed by atoms with E-state index in [2.05, 4.69) is 10.3 Å². The third-order valence-electron chi connectivity index (χ3n) is 2.40. The van der Waals surface area contributed by atoms with Crippen LogP contribution in [-0.4, -0.2) is 31.9 Å². The Hall–Kier alpha value is -2.11. The second-order valence-electron chi connectivity index (χ2n) is 3.63. The standard InChI is InChI=1S/C12H13FN2O3/c1-8-4-3-5-9(13)10(8)11(14-16-2)12-15-18-7-6-17-12/h3-5H,6-7H2,1-2H3. The van der Waals surface area contributed by atoms with Crippen molar-refractivity contribution >= 4 is 11.6 Å². The first-order chi connectivity index (χ1) is 8.74. The highest BCUT2D eigenvalue weighted by Crippen LogP contribution is 2.16. The summed E-state index contributed by atoms with van der Waals surface area (Å²) in [5.74, 6) is -0.293. The van der Waals surface area contributed by atoms with Crippen molar-refractivity contribution in [1.29, 1.82) is 0 Å². The van der Waals surface area contributed by atoms with E-state index in [1.54, 1.807) is 19.1 Å². The van der Waals surface area contributed by atoms with Crippen LogP contribution in [0.3, 0.4) is 0 Å². The number of hydrogen-bond acceptors (Lipinski definition) is 5. The molecule has 1 heterocycles. The molecule has 18 heavy (non-hydrogen) atoms. The zero-order valence-corrected chi connectivity index (χ0v) is 10.1. The number of nitrogens with zero attached hydrogens (tertiary/aromatic N) is 2. The smallest absolute Gasteiger partial charge is 0.280 e. The fourth-order valence-electron chi connectivity index (χ4n) is 1.63. The lowest BCUT2D eigenvalue weighted by atomic mass is 10.0. The fourth-order valence-corrected chi connectivity index (χ4v) is 1.63. The van der Waals surface area contributed by atoms with Gasteiger partial charge in [0.2, 0.25) is 0 Å². The van der Waals surface area contributed by atoms with Crippen molar-refractivity contribution in [2.45, 2.75) is 6.92 Å². The van der Waals surface area contributed by atoms with E-state index >= 15 is 0 Å². The number of halogens is 1. The molecule has 0 saturated heterocycles. The number of oxime groups is 2. The van der Waals surface area contributed by atoms with Crippen molar-refractivity contribution in [2.75, 3.05) is 20.3 Å². The summed E-state index contributed by atoms with van der Waals surface area (Å²) in [6, 6.07) is 4.74. The van der Waals surface area contributed by atoms with Crippen LogP contribution in [0.2, 0.25) is 0 Å². The van der Waals surface area contributed by atoms with Gasteiger partial charge in [-0.15, -0.1) is 0 Å². The van der Waals surface area contributed by atoms with E-state index in [4.69, 9.17) is 14.4 Å². The van der Waals surface area contributed by atoms with Gasteiger partial charge in [-0.25, -0.2) is 4.39 Å². The van der Waals surface area contributed by atoms with Crippen LogP contribution >= 0.6 is 0 Å². The third-order valence-corrected chi connectivity index (χ3v) is 2.40. The molecule has 0 atom stereocenters. The van der Waals surface area contributed by atoms with Gasteiger partial charge in [-0.1, -0.05) is 17.3 Å². The van der Waals surface area contributed by atoms with E-state index in [1.807, 2.05) is 0 Å². The molecule has 0 bridgehead atoms. The Labute approximate surface area is 104 Å². The highest BCUT2D eigenvalue weighted by Gasteiger charge is 2.23. The van der Waals surface area contributed by atoms with Crippen LogP contribution in [0.4, 0.5) is 4.39 Å². The van der Waals surface area contributed by atoms with E-state index < -0.39 is 5.82 Å². The van der Waals surface area contributed by atoms with Gasteiger partial charge in [0.05, 0.1) is 0 Å². The molecule has 1 aromatic rings. The summed E-state index contributed by atoms with van der Waals surface area (Å²) in [7, 11) is 1.38. The van der Waals surface area contributed by atoms with E-state index in [1.165, 1.54) is 13.2 Å². The summed E-state index contributed by atoms with van der Waals surface area (Å²) < 4.78 is 19.2. The van der Waals surface area contributed by atoms with Gasteiger partial charge in [0.25, 0.3) is 5.90 Å². The minimum absolute atomic E-state index is 0.122. The molecule has 0 amide bonds. The number of ether oxygens (including phenoxy) is 1. The number of benzene rings is 1. The van der Waals surface area contributed by atoms with Gasteiger partial charge in [0.1, 0.15) is 19.5 Å². The van der Waals surface area contributed by atoms with Crippen molar-refractivity contribution in [1.82, 2.24) is 0 Å². The summed E-state index contributed by atoms with van der Waals surface area (Å²) in [4.78, 5) is 9.64. The predicted molar refractivity (Wildman–Crippen MR) is 64.0 cm³/mol. The topological polar surface area (TPSA) is 52.4 Å². The molecule has 0 saturated carbocycles. The number of hydrogen-bond donors (Lipinski definition) is 0. The molecule has 0 aliphatic carbocycles. The second-order valence-corrected chi connectivity index (χ2v) is 3.63. The molecule has 0 unspecified atom stereocenters. The third kappa shape index (κ3) is 2.42. The Morgan fingerprint density at radius 1 is 1.44 bits per heavy atom. The SMILES string of the molecule is CON=C(C1=NOCCO1)c1c(C)cccc1F. The molecule has 2 rings (SSSR count). The van der Waals surface area contributed by atoms with Crippen molar-refractivity contribution in [2.24, 2.45) is 10.3 Å². The average Bonchev–Trinajstić information content (AvgIpc) is 2.38. The average molecular weight is 252 g/mol. The van der Waals surface area contributed by atoms with Gasteiger partial charge in [-0.05, 0) is 23.7 Å². The van der Waals surface area contributed by atoms with Gasteiger partial charge >= 0.3 is 0 Å². The van der Waals surface area contributed by atoms with Gasteiger partial charge < -0.3 is 14.4 Å². The maximum atomic E-state index is 13.9. The molecular weight excluding hydrogens is 239 g/mol. The van der Waals surface area contributed by atoms with Gasteiger partial charge in [0.15, 0.2) is 12.3 Å². The molecule has 0 spiro atoms. The molecule has 6 heteroatoms. The van der Waals surface area contributed by atoms with Gasteiger partial charge in [0, 0.05) is 5.56 Å². The van der Waals surface area contributed by atoms with Gasteiger partial charge in [-0.3, -0.25) is 0 Å². The maximum Gasteiger partial charge on any atom is 0.280 e. The van der Waals surface area contributed by atoms with Gasteiger partial charge in [-0.2, -0.15) is 0 Å². The first-order valence-electron chi connectivity index (χ1n) is 5.44. The molecule has 0 aromatic heterocycles. The van der Waals surface area contributed by atoms with E-state index in [0.717, 1.165) is 0 Å². The molecule has 0 fully saturated rings. The Bertz CT molecular complexity index is 480. The quantitative estimate of drug-likeness (QED) is 0.609. The van der Waals surface area contributed by atoms with Crippen LogP contribution in [0.1, 0.15) is 11.1 Å². The minimum atomic E-state index is -0.414. The fraction of sp³-hybridized carbons (Fsp3) is 0.333. The summed E-state index contributed by atoms with van der Waals surface area (Å²) >= 11 is 0. The summed E-state index contributed by atoms with van der Waals surface area (Å²) in [6.07, 6.45) is 0. The second kappa shape index (κ2) is 5.48. The Balaban J connectivity index is 2.48. The zero-order valence-electron chi connectivity index (χ0n) is 10.1. The molecule has 1 aliphatic heterocycles. The Morgan fingerprint density at radius 3 is 2.89 bits per heavy atom. The molecule has 5 nitrogen and oxygen atoms in total. The van der Waals surface area contributed by atoms with Crippen molar-refractivity contribution < 1.29 is 18.8 Å². The van der Waals surface area contributed by atoms with Crippen LogP contribution < -0.4 is 0 Å². The summed E-state index contributed by atoms with van der Waals surface area (Å²) in [5, 5.41) is 7.50. The first kappa shape index (κ1) is 12.3. The monoisotopic (exact) mass is 252 g/mol. The van der Waals surface area contributed by atoms with Crippen LogP contribution in [0.15, 0.2) is 28.5 Å².